The van der Waals surface area contributed by atoms with Crippen molar-refractivity contribution in [3.63, 3.8) is 0 Å². The zero-order valence-electron chi connectivity index (χ0n) is 8.37. The van der Waals surface area contributed by atoms with Crippen molar-refractivity contribution in [2.75, 3.05) is 38.2 Å². The van der Waals surface area contributed by atoms with E-state index in [0.29, 0.717) is 5.92 Å². The molecule has 2 unspecified atom stereocenters. The van der Waals surface area contributed by atoms with Gasteiger partial charge in [0.2, 0.25) is 0 Å². The fourth-order valence-electron chi connectivity index (χ4n) is 1.80. The van der Waals surface area contributed by atoms with Crippen molar-refractivity contribution in [1.29, 1.82) is 0 Å². The quantitative estimate of drug-likeness (QED) is 0.687. The lowest BCUT2D eigenvalue weighted by molar-refractivity contribution is 0.327. The largest absolute Gasteiger partial charge is 0.330 e. The van der Waals surface area contributed by atoms with Crippen molar-refractivity contribution in [1.82, 2.24) is 4.90 Å². The van der Waals surface area contributed by atoms with Gasteiger partial charge < -0.3 is 10.6 Å². The summed E-state index contributed by atoms with van der Waals surface area (Å²) in [7, 11) is -0.627. The predicted octanol–water partition coefficient (Wildman–Crippen LogP) is 0.0356. The van der Waals surface area contributed by atoms with E-state index in [1.807, 2.05) is 0 Å². The number of nitrogens with two attached hydrogens (primary N) is 1. The maximum absolute atomic E-state index is 10.8. The summed E-state index contributed by atoms with van der Waals surface area (Å²) in [6.45, 7) is 4.23. The maximum Gasteiger partial charge on any atom is 0.0244 e. The molecule has 1 fully saturated rings. The second-order valence-corrected chi connectivity index (χ2v) is 5.38. The summed E-state index contributed by atoms with van der Waals surface area (Å²) < 4.78 is 10.8. The van der Waals surface area contributed by atoms with E-state index < -0.39 is 10.8 Å². The van der Waals surface area contributed by atoms with Gasteiger partial charge in [0.25, 0.3) is 0 Å². The standard InChI is InChI=1S/C9H20N2OS/c1-13(12)6-2-4-11-5-3-9(7-10)8-11/h9H,2-8,10H2,1H3. The van der Waals surface area contributed by atoms with Gasteiger partial charge >= 0.3 is 0 Å². The molecule has 78 valence electrons. The van der Waals surface area contributed by atoms with Crippen molar-refractivity contribution in [2.24, 2.45) is 11.7 Å². The highest BCUT2D eigenvalue weighted by Gasteiger charge is 2.20. The SMILES string of the molecule is CS(=O)CCCN1CCC(CN)C1. The van der Waals surface area contributed by atoms with Crippen LogP contribution in [0.3, 0.4) is 0 Å². The van der Waals surface area contributed by atoms with E-state index in [9.17, 15) is 4.21 Å². The van der Waals surface area contributed by atoms with Gasteiger partial charge in [0, 0.05) is 29.4 Å². The van der Waals surface area contributed by atoms with Crippen molar-refractivity contribution >= 4 is 10.8 Å². The molecular weight excluding hydrogens is 184 g/mol. The molecular formula is C9H20N2OS. The van der Waals surface area contributed by atoms with Crippen molar-refractivity contribution < 1.29 is 4.21 Å². The van der Waals surface area contributed by atoms with Crippen LogP contribution in [0.15, 0.2) is 0 Å². The van der Waals surface area contributed by atoms with Crippen LogP contribution in [0.4, 0.5) is 0 Å². The van der Waals surface area contributed by atoms with Crippen LogP contribution in [0.2, 0.25) is 0 Å². The monoisotopic (exact) mass is 204 g/mol. The number of hydrogen-bond donors (Lipinski definition) is 1. The van der Waals surface area contributed by atoms with Crippen LogP contribution in [0.5, 0.6) is 0 Å². The summed E-state index contributed by atoms with van der Waals surface area (Å²) >= 11 is 0. The second kappa shape index (κ2) is 5.73. The average molecular weight is 204 g/mol. The highest BCUT2D eigenvalue weighted by molar-refractivity contribution is 7.84. The Morgan fingerprint density at radius 1 is 1.62 bits per heavy atom. The van der Waals surface area contributed by atoms with E-state index in [-0.39, 0.29) is 0 Å². The normalized spacial score (nSPS) is 26.5. The molecule has 0 radical (unpaired) electrons. The number of nitrogens with zero attached hydrogens (tertiary/aromatic N) is 1. The Morgan fingerprint density at radius 3 is 2.92 bits per heavy atom. The molecule has 0 aromatic rings. The minimum Gasteiger partial charge on any atom is -0.330 e. The Morgan fingerprint density at radius 2 is 2.38 bits per heavy atom. The molecule has 0 aromatic carbocycles. The van der Waals surface area contributed by atoms with Crippen LogP contribution >= 0.6 is 0 Å². The summed E-state index contributed by atoms with van der Waals surface area (Å²) in [5.74, 6) is 1.54. The third-order valence-corrected chi connectivity index (χ3v) is 3.47. The van der Waals surface area contributed by atoms with Gasteiger partial charge in [0.15, 0.2) is 0 Å². The van der Waals surface area contributed by atoms with Crippen LogP contribution in [0.1, 0.15) is 12.8 Å². The Kier molecular flexibility index (Phi) is 4.91. The Hall–Kier alpha value is 0.0700. The van der Waals surface area contributed by atoms with Crippen LogP contribution in [-0.4, -0.2) is 47.3 Å². The molecule has 1 rings (SSSR count). The molecule has 1 aliphatic rings. The second-order valence-electron chi connectivity index (χ2n) is 3.82. The van der Waals surface area contributed by atoms with Gasteiger partial charge in [-0.1, -0.05) is 0 Å². The van der Waals surface area contributed by atoms with E-state index in [0.717, 1.165) is 31.8 Å². The Bertz CT molecular complexity index is 175. The highest BCUT2D eigenvalue weighted by Crippen LogP contribution is 2.14. The smallest absolute Gasteiger partial charge is 0.0244 e. The first-order valence-corrected chi connectivity index (χ1v) is 6.67. The summed E-state index contributed by atoms with van der Waals surface area (Å²) in [6, 6.07) is 0. The number of rotatable bonds is 5. The molecule has 0 saturated carbocycles. The molecule has 0 amide bonds. The molecule has 4 heteroatoms. The molecule has 2 atom stereocenters. The topological polar surface area (TPSA) is 46.3 Å². The minimum absolute atomic E-state index is 0.627. The summed E-state index contributed by atoms with van der Waals surface area (Å²) in [5, 5.41) is 0. The molecule has 2 N–H and O–H groups in total. The van der Waals surface area contributed by atoms with E-state index in [1.165, 1.54) is 13.0 Å². The van der Waals surface area contributed by atoms with Crippen LogP contribution in [-0.2, 0) is 10.8 Å². The first kappa shape index (κ1) is 11.1. The van der Waals surface area contributed by atoms with Gasteiger partial charge in [-0.25, -0.2) is 0 Å². The number of likely N-dealkylation sites (tertiary alicyclic amines) is 1. The van der Waals surface area contributed by atoms with Crippen LogP contribution in [0, 0.1) is 5.92 Å². The molecule has 0 bridgehead atoms. The van der Waals surface area contributed by atoms with Gasteiger partial charge in [-0.15, -0.1) is 0 Å². The van der Waals surface area contributed by atoms with Gasteiger partial charge in [-0.2, -0.15) is 0 Å². The molecule has 1 aliphatic heterocycles. The highest BCUT2D eigenvalue weighted by atomic mass is 32.2. The summed E-state index contributed by atoms with van der Waals surface area (Å²) in [6.07, 6.45) is 4.07. The zero-order chi connectivity index (χ0) is 9.68. The molecule has 1 heterocycles. The van der Waals surface area contributed by atoms with E-state index in [4.69, 9.17) is 5.73 Å². The molecule has 1 saturated heterocycles. The van der Waals surface area contributed by atoms with E-state index in [2.05, 4.69) is 4.90 Å². The lowest BCUT2D eigenvalue weighted by atomic mass is 10.1. The van der Waals surface area contributed by atoms with Crippen molar-refractivity contribution in [3.8, 4) is 0 Å². The molecule has 0 aromatic heterocycles. The first-order chi connectivity index (χ1) is 6.22. The van der Waals surface area contributed by atoms with Gasteiger partial charge in [0.05, 0.1) is 0 Å². The Labute approximate surface area is 83.1 Å². The van der Waals surface area contributed by atoms with Gasteiger partial charge in [0.1, 0.15) is 0 Å². The predicted molar refractivity (Wildman–Crippen MR) is 57.2 cm³/mol. The fourth-order valence-corrected chi connectivity index (χ4v) is 2.34. The number of hydrogen-bond acceptors (Lipinski definition) is 3. The zero-order valence-corrected chi connectivity index (χ0v) is 9.18. The van der Waals surface area contributed by atoms with Crippen LogP contribution in [0.25, 0.3) is 0 Å². The van der Waals surface area contributed by atoms with Gasteiger partial charge in [-0.3, -0.25) is 4.21 Å². The van der Waals surface area contributed by atoms with E-state index in [1.54, 1.807) is 6.26 Å². The average Bonchev–Trinajstić information content (AvgIpc) is 2.52. The molecule has 0 aliphatic carbocycles. The lowest BCUT2D eigenvalue weighted by Gasteiger charge is -2.14. The minimum atomic E-state index is -0.627. The Balaban J connectivity index is 2.07. The van der Waals surface area contributed by atoms with Gasteiger partial charge in [-0.05, 0) is 38.4 Å². The summed E-state index contributed by atoms with van der Waals surface area (Å²) in [4.78, 5) is 2.43. The molecule has 13 heavy (non-hydrogen) atoms. The fraction of sp³-hybridized carbons (Fsp3) is 1.00. The van der Waals surface area contributed by atoms with Crippen molar-refractivity contribution in [2.45, 2.75) is 12.8 Å². The maximum atomic E-state index is 10.8. The lowest BCUT2D eigenvalue weighted by Crippen LogP contribution is -2.25. The van der Waals surface area contributed by atoms with E-state index >= 15 is 0 Å². The summed E-state index contributed by atoms with van der Waals surface area (Å²) in [5.41, 5.74) is 5.60. The van der Waals surface area contributed by atoms with Crippen molar-refractivity contribution in [3.05, 3.63) is 0 Å². The third kappa shape index (κ3) is 4.20. The van der Waals surface area contributed by atoms with Crippen LogP contribution < -0.4 is 5.73 Å². The molecule has 0 spiro atoms. The third-order valence-electron chi connectivity index (χ3n) is 2.61. The first-order valence-electron chi connectivity index (χ1n) is 4.95. The molecule has 3 nitrogen and oxygen atoms in total.